The Balaban J connectivity index is 3.90. The van der Waals surface area contributed by atoms with E-state index < -0.39 is 0 Å². The van der Waals surface area contributed by atoms with E-state index in [1.54, 1.807) is 0 Å². The molecule has 1 unspecified atom stereocenters. The Morgan fingerprint density at radius 3 is 2.00 bits per heavy atom. The summed E-state index contributed by atoms with van der Waals surface area (Å²) >= 11 is 0. The molecule has 0 aromatic carbocycles. The Morgan fingerprint density at radius 2 is 1.60 bits per heavy atom. The van der Waals surface area contributed by atoms with Crippen LogP contribution in [0.5, 0.6) is 0 Å². The fraction of sp³-hybridized carbons (Fsp3) is 1.00. The molecule has 2 N–H and O–H groups in total. The molecule has 0 saturated heterocycles. The molecule has 1 atom stereocenters. The SMILES string of the molecule is CCCC(N)CN(CC)CC(CC)CC. The first-order chi connectivity index (χ1) is 7.17. The molecule has 0 aliphatic heterocycles. The van der Waals surface area contributed by atoms with Crippen molar-refractivity contribution in [3.8, 4) is 0 Å². The summed E-state index contributed by atoms with van der Waals surface area (Å²) in [6.45, 7) is 12.4. The van der Waals surface area contributed by atoms with Gasteiger partial charge < -0.3 is 10.6 Å². The lowest BCUT2D eigenvalue weighted by molar-refractivity contribution is 0.218. The van der Waals surface area contributed by atoms with Crippen molar-refractivity contribution in [3.63, 3.8) is 0 Å². The van der Waals surface area contributed by atoms with Gasteiger partial charge in [0.2, 0.25) is 0 Å². The number of nitrogens with zero attached hydrogens (tertiary/aromatic N) is 1. The van der Waals surface area contributed by atoms with Gasteiger partial charge in [0, 0.05) is 19.1 Å². The zero-order valence-corrected chi connectivity index (χ0v) is 11.1. The highest BCUT2D eigenvalue weighted by molar-refractivity contribution is 4.69. The van der Waals surface area contributed by atoms with Gasteiger partial charge >= 0.3 is 0 Å². The summed E-state index contributed by atoms with van der Waals surface area (Å²) in [7, 11) is 0. The second kappa shape index (κ2) is 9.17. The molecule has 2 heteroatoms. The first-order valence-corrected chi connectivity index (χ1v) is 6.65. The average Bonchev–Trinajstić information content (AvgIpc) is 2.24. The van der Waals surface area contributed by atoms with Gasteiger partial charge in [0.1, 0.15) is 0 Å². The van der Waals surface area contributed by atoms with Crippen LogP contribution in [-0.2, 0) is 0 Å². The van der Waals surface area contributed by atoms with Crippen molar-refractivity contribution in [2.24, 2.45) is 11.7 Å². The van der Waals surface area contributed by atoms with Gasteiger partial charge in [0.25, 0.3) is 0 Å². The highest BCUT2D eigenvalue weighted by atomic mass is 15.1. The van der Waals surface area contributed by atoms with Gasteiger partial charge in [-0.15, -0.1) is 0 Å². The van der Waals surface area contributed by atoms with Crippen LogP contribution in [0, 0.1) is 5.92 Å². The third kappa shape index (κ3) is 6.91. The number of rotatable bonds is 9. The maximum atomic E-state index is 6.08. The monoisotopic (exact) mass is 214 g/mol. The zero-order chi connectivity index (χ0) is 11.7. The number of hydrogen-bond acceptors (Lipinski definition) is 2. The molecule has 0 heterocycles. The molecule has 15 heavy (non-hydrogen) atoms. The van der Waals surface area contributed by atoms with Crippen molar-refractivity contribution in [1.29, 1.82) is 0 Å². The standard InChI is InChI=1S/C13H30N2/c1-5-9-13(14)11-15(8-4)10-12(6-2)7-3/h12-13H,5-11,14H2,1-4H3. The number of nitrogens with two attached hydrogens (primary N) is 1. The Morgan fingerprint density at radius 1 is 1.00 bits per heavy atom. The van der Waals surface area contributed by atoms with Crippen LogP contribution in [0.2, 0.25) is 0 Å². The summed E-state index contributed by atoms with van der Waals surface area (Å²) in [6, 6.07) is 0.365. The van der Waals surface area contributed by atoms with Crippen LogP contribution in [0.1, 0.15) is 53.4 Å². The van der Waals surface area contributed by atoms with Crippen molar-refractivity contribution in [2.45, 2.75) is 59.4 Å². The molecule has 0 aromatic heterocycles. The van der Waals surface area contributed by atoms with Crippen LogP contribution < -0.4 is 5.73 Å². The van der Waals surface area contributed by atoms with E-state index in [1.165, 1.54) is 25.8 Å². The van der Waals surface area contributed by atoms with Crippen molar-refractivity contribution in [1.82, 2.24) is 4.90 Å². The smallest absolute Gasteiger partial charge is 0.0167 e. The Hall–Kier alpha value is -0.0800. The molecule has 0 fully saturated rings. The van der Waals surface area contributed by atoms with Crippen molar-refractivity contribution < 1.29 is 0 Å². The summed E-state index contributed by atoms with van der Waals surface area (Å²) in [4.78, 5) is 2.51. The molecule has 0 rings (SSSR count). The lowest BCUT2D eigenvalue weighted by atomic mass is 10.0. The Bertz CT molecular complexity index is 132. The highest BCUT2D eigenvalue weighted by Gasteiger charge is 2.12. The molecule has 0 bridgehead atoms. The minimum absolute atomic E-state index is 0.365. The first-order valence-electron chi connectivity index (χ1n) is 6.65. The summed E-state index contributed by atoms with van der Waals surface area (Å²) in [5.41, 5.74) is 6.08. The lowest BCUT2D eigenvalue weighted by Crippen LogP contribution is -2.39. The maximum absolute atomic E-state index is 6.08. The predicted octanol–water partition coefficient (Wildman–Crippen LogP) is 2.87. The highest BCUT2D eigenvalue weighted by Crippen LogP contribution is 2.10. The van der Waals surface area contributed by atoms with Gasteiger partial charge in [-0.1, -0.05) is 47.0 Å². The minimum atomic E-state index is 0.365. The third-order valence-corrected chi connectivity index (χ3v) is 3.27. The number of likely N-dealkylation sites (N-methyl/N-ethyl adjacent to an activating group) is 1. The zero-order valence-electron chi connectivity index (χ0n) is 11.1. The van der Waals surface area contributed by atoms with Crippen LogP contribution in [-0.4, -0.2) is 30.6 Å². The summed E-state index contributed by atoms with van der Waals surface area (Å²) in [5, 5.41) is 0. The second-order valence-electron chi connectivity index (χ2n) is 4.58. The van der Waals surface area contributed by atoms with Crippen LogP contribution in [0.15, 0.2) is 0 Å². The van der Waals surface area contributed by atoms with Crippen molar-refractivity contribution in [2.75, 3.05) is 19.6 Å². The van der Waals surface area contributed by atoms with Gasteiger partial charge in [0.05, 0.1) is 0 Å². The van der Waals surface area contributed by atoms with E-state index in [0.717, 1.165) is 25.4 Å². The molecule has 0 aliphatic rings. The van der Waals surface area contributed by atoms with E-state index in [-0.39, 0.29) is 0 Å². The molecular weight excluding hydrogens is 184 g/mol. The lowest BCUT2D eigenvalue weighted by Gasteiger charge is -2.27. The maximum Gasteiger partial charge on any atom is 0.0167 e. The fourth-order valence-corrected chi connectivity index (χ4v) is 2.04. The van der Waals surface area contributed by atoms with E-state index in [9.17, 15) is 0 Å². The predicted molar refractivity (Wildman–Crippen MR) is 69.1 cm³/mol. The molecular formula is C13H30N2. The van der Waals surface area contributed by atoms with Gasteiger partial charge in [-0.25, -0.2) is 0 Å². The van der Waals surface area contributed by atoms with Crippen molar-refractivity contribution >= 4 is 0 Å². The molecule has 92 valence electrons. The van der Waals surface area contributed by atoms with Gasteiger partial charge in [-0.05, 0) is 18.9 Å². The fourth-order valence-electron chi connectivity index (χ4n) is 2.04. The largest absolute Gasteiger partial charge is 0.327 e. The average molecular weight is 214 g/mol. The summed E-state index contributed by atoms with van der Waals surface area (Å²) in [5.74, 6) is 0.846. The van der Waals surface area contributed by atoms with Gasteiger partial charge in [-0.3, -0.25) is 0 Å². The molecule has 0 saturated carbocycles. The normalized spacial score (nSPS) is 13.8. The molecule has 0 aromatic rings. The molecule has 0 spiro atoms. The van der Waals surface area contributed by atoms with Crippen LogP contribution >= 0.6 is 0 Å². The van der Waals surface area contributed by atoms with E-state index in [0.29, 0.717) is 6.04 Å². The number of hydrogen-bond donors (Lipinski definition) is 1. The summed E-state index contributed by atoms with van der Waals surface area (Å²) < 4.78 is 0. The molecule has 0 amide bonds. The molecule has 2 nitrogen and oxygen atoms in total. The van der Waals surface area contributed by atoms with Gasteiger partial charge in [0.15, 0.2) is 0 Å². The molecule has 0 radical (unpaired) electrons. The first kappa shape index (κ1) is 14.9. The Labute approximate surface area is 96.2 Å². The van der Waals surface area contributed by atoms with E-state index in [4.69, 9.17) is 5.73 Å². The third-order valence-electron chi connectivity index (χ3n) is 3.27. The van der Waals surface area contributed by atoms with E-state index in [2.05, 4.69) is 32.6 Å². The van der Waals surface area contributed by atoms with Crippen LogP contribution in [0.4, 0.5) is 0 Å². The van der Waals surface area contributed by atoms with Gasteiger partial charge in [-0.2, -0.15) is 0 Å². The topological polar surface area (TPSA) is 29.3 Å². The van der Waals surface area contributed by atoms with Crippen molar-refractivity contribution in [3.05, 3.63) is 0 Å². The van der Waals surface area contributed by atoms with Crippen LogP contribution in [0.25, 0.3) is 0 Å². The quantitative estimate of drug-likeness (QED) is 0.639. The Kier molecular flexibility index (Phi) is 9.12. The van der Waals surface area contributed by atoms with E-state index >= 15 is 0 Å². The molecule has 0 aliphatic carbocycles. The van der Waals surface area contributed by atoms with E-state index in [1.807, 2.05) is 0 Å². The summed E-state index contributed by atoms with van der Waals surface area (Å²) in [6.07, 6.45) is 4.93. The van der Waals surface area contributed by atoms with Crippen LogP contribution in [0.3, 0.4) is 0 Å². The second-order valence-corrected chi connectivity index (χ2v) is 4.58. The minimum Gasteiger partial charge on any atom is -0.327 e.